The molecule has 0 aliphatic rings. The number of hydrogen-bond acceptors (Lipinski definition) is 5. The molecule has 8 nitrogen and oxygen atoms in total. The van der Waals surface area contributed by atoms with Crippen LogP contribution in [0.15, 0.2) is 36.5 Å². The molecule has 0 spiro atoms. The molecule has 0 bridgehead atoms. The molecule has 0 heterocycles. The van der Waals surface area contributed by atoms with Gasteiger partial charge in [0, 0.05) is 6.42 Å². The Balaban J connectivity index is 4.24. The van der Waals surface area contributed by atoms with Gasteiger partial charge in [-0.3, -0.25) is 13.8 Å². The minimum absolute atomic E-state index is 0.0617. The Morgan fingerprint density at radius 3 is 1.26 bits per heavy atom. The summed E-state index contributed by atoms with van der Waals surface area (Å²) in [6.07, 6.45) is 60.8. The maximum absolute atomic E-state index is 13.0. The van der Waals surface area contributed by atoms with Gasteiger partial charge in [-0.1, -0.05) is 243 Å². The maximum atomic E-state index is 13.0. The molecule has 0 aromatic carbocycles. The van der Waals surface area contributed by atoms with E-state index in [1.807, 2.05) is 27.2 Å². The monoisotopic (exact) mass is 938 g/mol. The SMILES string of the molecule is CCCCCCC/C=C\C/C=C\CCCCCCCCCCCCCC(=O)NC(COP(=O)(O)OCC[N+](C)(C)C)C(O)/C=C/CCCCCCCCCCCCCCCCCCCC. The molecule has 65 heavy (non-hydrogen) atoms. The van der Waals surface area contributed by atoms with Crippen LogP contribution in [-0.4, -0.2) is 73.4 Å². The average molecular weight is 938 g/mol. The predicted molar refractivity (Wildman–Crippen MR) is 281 cm³/mol. The number of rotatable bonds is 51. The van der Waals surface area contributed by atoms with Crippen molar-refractivity contribution in [3.63, 3.8) is 0 Å². The zero-order valence-corrected chi connectivity index (χ0v) is 44.6. The lowest BCUT2D eigenvalue weighted by Crippen LogP contribution is -2.45. The van der Waals surface area contributed by atoms with Crippen LogP contribution in [0.4, 0.5) is 0 Å². The third-order valence-electron chi connectivity index (χ3n) is 12.6. The highest BCUT2D eigenvalue weighted by Gasteiger charge is 2.27. The third-order valence-corrected chi connectivity index (χ3v) is 13.6. The molecule has 9 heteroatoms. The number of nitrogens with zero attached hydrogens (tertiary/aromatic N) is 1. The summed E-state index contributed by atoms with van der Waals surface area (Å²) in [5.41, 5.74) is 0. The fourth-order valence-electron chi connectivity index (χ4n) is 8.19. The Bertz CT molecular complexity index is 1150. The van der Waals surface area contributed by atoms with Crippen molar-refractivity contribution in [2.75, 3.05) is 40.9 Å². The van der Waals surface area contributed by atoms with E-state index < -0.39 is 20.0 Å². The lowest BCUT2D eigenvalue weighted by Gasteiger charge is -2.25. The zero-order chi connectivity index (χ0) is 47.8. The predicted octanol–water partition coefficient (Wildman–Crippen LogP) is 16.6. The van der Waals surface area contributed by atoms with E-state index >= 15 is 0 Å². The number of phosphoric ester groups is 1. The van der Waals surface area contributed by atoms with Crippen LogP contribution in [0.2, 0.25) is 0 Å². The van der Waals surface area contributed by atoms with Crippen molar-refractivity contribution in [2.45, 2.75) is 276 Å². The van der Waals surface area contributed by atoms with Gasteiger partial charge in [0.25, 0.3) is 0 Å². The van der Waals surface area contributed by atoms with E-state index in [0.717, 1.165) is 44.9 Å². The Hall–Kier alpha value is -1.28. The lowest BCUT2D eigenvalue weighted by atomic mass is 10.0. The number of phosphoric acid groups is 1. The van der Waals surface area contributed by atoms with Crippen LogP contribution in [0, 0.1) is 0 Å². The number of likely N-dealkylation sites (N-methyl/N-ethyl adjacent to an activating group) is 1. The number of allylic oxidation sites excluding steroid dienone is 5. The summed E-state index contributed by atoms with van der Waals surface area (Å²) >= 11 is 0. The number of carbonyl (C=O) groups excluding carboxylic acids is 1. The normalized spacial score (nSPS) is 14.3. The van der Waals surface area contributed by atoms with Gasteiger partial charge < -0.3 is 19.8 Å². The molecular weight excluding hydrogens is 828 g/mol. The van der Waals surface area contributed by atoms with Crippen LogP contribution in [0.3, 0.4) is 0 Å². The van der Waals surface area contributed by atoms with E-state index in [-0.39, 0.29) is 19.1 Å². The molecule has 0 aliphatic carbocycles. The van der Waals surface area contributed by atoms with Crippen LogP contribution in [-0.2, 0) is 18.4 Å². The summed E-state index contributed by atoms with van der Waals surface area (Å²) in [5, 5.41) is 13.9. The fourth-order valence-corrected chi connectivity index (χ4v) is 8.93. The molecule has 0 aromatic rings. The van der Waals surface area contributed by atoms with Crippen molar-refractivity contribution < 1.29 is 32.9 Å². The number of unbranched alkanes of at least 4 members (excludes halogenated alkanes) is 34. The van der Waals surface area contributed by atoms with Crippen LogP contribution < -0.4 is 5.32 Å². The Labute approximate surface area is 404 Å². The summed E-state index contributed by atoms with van der Waals surface area (Å²) in [4.78, 5) is 23.3. The standard InChI is InChI=1S/C56H109N2O6P/c1-6-8-10-12-14-16-18-20-22-24-26-28-29-30-32-34-36-38-40-42-44-46-48-50-56(60)57-54(53-64-65(61,62)63-52-51-58(3,4)5)55(59)49-47-45-43-41-39-37-35-33-31-27-25-23-21-19-17-15-13-11-9-7-2/h18,20,24,26,47,49,54-55,59H,6-17,19,21-23,25,27-46,48,50-53H2,1-5H3,(H-,57,60,61,62)/p+1/b20-18-,26-24-,49-47+. The molecule has 0 fully saturated rings. The zero-order valence-electron chi connectivity index (χ0n) is 43.7. The van der Waals surface area contributed by atoms with Gasteiger partial charge in [0.15, 0.2) is 0 Å². The van der Waals surface area contributed by atoms with E-state index in [2.05, 4.69) is 43.5 Å². The largest absolute Gasteiger partial charge is 0.472 e. The molecule has 0 rings (SSSR count). The number of carbonyl (C=O) groups is 1. The van der Waals surface area contributed by atoms with Gasteiger partial charge in [-0.05, 0) is 51.4 Å². The fraction of sp³-hybridized carbons (Fsp3) is 0.875. The second-order valence-corrected chi connectivity index (χ2v) is 21.8. The number of quaternary nitrogens is 1. The summed E-state index contributed by atoms with van der Waals surface area (Å²) in [6, 6.07) is -0.847. The van der Waals surface area contributed by atoms with E-state index in [4.69, 9.17) is 9.05 Å². The van der Waals surface area contributed by atoms with Crippen molar-refractivity contribution in [1.29, 1.82) is 0 Å². The van der Waals surface area contributed by atoms with Crippen LogP contribution in [0.5, 0.6) is 0 Å². The van der Waals surface area contributed by atoms with Gasteiger partial charge in [0.1, 0.15) is 13.2 Å². The molecule has 3 unspecified atom stereocenters. The smallest absolute Gasteiger partial charge is 0.387 e. The van der Waals surface area contributed by atoms with Crippen LogP contribution >= 0.6 is 7.82 Å². The number of amides is 1. The second-order valence-electron chi connectivity index (χ2n) is 20.3. The molecule has 0 radical (unpaired) electrons. The first-order valence-electron chi connectivity index (χ1n) is 27.9. The Morgan fingerprint density at radius 1 is 0.523 bits per heavy atom. The van der Waals surface area contributed by atoms with Gasteiger partial charge in [0.05, 0.1) is 39.9 Å². The van der Waals surface area contributed by atoms with Crippen LogP contribution in [0.25, 0.3) is 0 Å². The Morgan fingerprint density at radius 2 is 0.877 bits per heavy atom. The van der Waals surface area contributed by atoms with Crippen molar-refractivity contribution in [2.24, 2.45) is 0 Å². The minimum atomic E-state index is -4.35. The molecule has 0 aromatic heterocycles. The van der Waals surface area contributed by atoms with Crippen molar-refractivity contribution in [1.82, 2.24) is 5.32 Å². The number of aliphatic hydroxyl groups excluding tert-OH is 1. The highest BCUT2D eigenvalue weighted by Crippen LogP contribution is 2.43. The molecule has 0 saturated carbocycles. The third kappa shape index (κ3) is 50.4. The summed E-state index contributed by atoms with van der Waals surface area (Å²) < 4.78 is 23.7. The quantitative estimate of drug-likeness (QED) is 0.0243. The molecule has 3 atom stereocenters. The number of aliphatic hydroxyl groups is 1. The average Bonchev–Trinajstić information content (AvgIpc) is 3.26. The van der Waals surface area contributed by atoms with E-state index in [9.17, 15) is 19.4 Å². The van der Waals surface area contributed by atoms with Crippen molar-refractivity contribution >= 4 is 13.7 Å². The van der Waals surface area contributed by atoms with E-state index in [1.54, 1.807) is 6.08 Å². The van der Waals surface area contributed by atoms with Gasteiger partial charge in [-0.25, -0.2) is 4.57 Å². The van der Waals surface area contributed by atoms with E-state index in [0.29, 0.717) is 17.4 Å². The molecular formula is C56H110N2O6P+. The van der Waals surface area contributed by atoms with Crippen molar-refractivity contribution in [3.05, 3.63) is 36.5 Å². The highest BCUT2D eigenvalue weighted by atomic mass is 31.2. The topological polar surface area (TPSA) is 105 Å². The van der Waals surface area contributed by atoms with Crippen molar-refractivity contribution in [3.8, 4) is 0 Å². The molecule has 1 amide bonds. The Kier molecular flexibility index (Phi) is 46.8. The first-order valence-corrected chi connectivity index (χ1v) is 29.4. The minimum Gasteiger partial charge on any atom is -0.387 e. The van der Waals surface area contributed by atoms with E-state index in [1.165, 1.54) is 199 Å². The first-order chi connectivity index (χ1) is 31.5. The second kappa shape index (κ2) is 47.8. The van der Waals surface area contributed by atoms with Gasteiger partial charge in [-0.15, -0.1) is 0 Å². The molecule has 3 N–H and O–H groups in total. The maximum Gasteiger partial charge on any atom is 0.472 e. The number of nitrogens with one attached hydrogen (secondary N) is 1. The van der Waals surface area contributed by atoms with Gasteiger partial charge in [-0.2, -0.15) is 0 Å². The first kappa shape index (κ1) is 63.7. The molecule has 0 aliphatic heterocycles. The number of hydrogen-bond donors (Lipinski definition) is 3. The molecule has 384 valence electrons. The highest BCUT2D eigenvalue weighted by molar-refractivity contribution is 7.47. The van der Waals surface area contributed by atoms with Crippen LogP contribution in [0.1, 0.15) is 264 Å². The lowest BCUT2D eigenvalue weighted by molar-refractivity contribution is -0.870. The summed E-state index contributed by atoms with van der Waals surface area (Å²) in [7, 11) is 1.58. The summed E-state index contributed by atoms with van der Waals surface area (Å²) in [5.74, 6) is -0.177. The molecule has 0 saturated heterocycles. The summed E-state index contributed by atoms with van der Waals surface area (Å²) in [6.45, 7) is 4.83. The van der Waals surface area contributed by atoms with Gasteiger partial charge >= 0.3 is 7.82 Å². The van der Waals surface area contributed by atoms with Gasteiger partial charge in [0.2, 0.25) is 5.91 Å².